The van der Waals surface area contributed by atoms with E-state index < -0.39 is 0 Å². The van der Waals surface area contributed by atoms with E-state index >= 15 is 0 Å². The molecule has 2 aromatic rings. The SMILES string of the molecule is CNc1ncc(Br)cc1C(=O)NC(C)c1ccc(C)cc1. The molecule has 1 unspecified atom stereocenters. The lowest BCUT2D eigenvalue weighted by atomic mass is 10.1. The van der Waals surface area contributed by atoms with Crippen molar-refractivity contribution >= 4 is 27.7 Å². The van der Waals surface area contributed by atoms with Crippen molar-refractivity contribution in [2.75, 3.05) is 12.4 Å². The van der Waals surface area contributed by atoms with E-state index in [2.05, 4.69) is 31.5 Å². The van der Waals surface area contributed by atoms with Crippen molar-refractivity contribution in [3.63, 3.8) is 0 Å². The highest BCUT2D eigenvalue weighted by molar-refractivity contribution is 9.10. The lowest BCUT2D eigenvalue weighted by molar-refractivity contribution is 0.0940. The molecular formula is C16H18BrN3O. The molecule has 21 heavy (non-hydrogen) atoms. The fourth-order valence-corrected chi connectivity index (χ4v) is 2.36. The number of hydrogen-bond donors (Lipinski definition) is 2. The predicted molar refractivity (Wildman–Crippen MR) is 88.5 cm³/mol. The first-order valence-corrected chi connectivity index (χ1v) is 7.51. The smallest absolute Gasteiger partial charge is 0.255 e. The molecule has 1 aromatic heterocycles. The fourth-order valence-electron chi connectivity index (χ4n) is 2.02. The lowest BCUT2D eigenvalue weighted by Crippen LogP contribution is -2.27. The normalized spacial score (nSPS) is 11.8. The Morgan fingerprint density at radius 2 is 1.95 bits per heavy atom. The molecule has 0 saturated heterocycles. The first kappa shape index (κ1) is 15.5. The maximum atomic E-state index is 12.4. The van der Waals surface area contributed by atoms with E-state index in [1.165, 1.54) is 5.56 Å². The Hall–Kier alpha value is -1.88. The van der Waals surface area contributed by atoms with Gasteiger partial charge in [0.15, 0.2) is 0 Å². The molecule has 2 N–H and O–H groups in total. The Balaban J connectivity index is 2.17. The number of pyridine rings is 1. The molecule has 0 aliphatic rings. The maximum absolute atomic E-state index is 12.4. The topological polar surface area (TPSA) is 54.0 Å². The van der Waals surface area contributed by atoms with Crippen LogP contribution in [0.3, 0.4) is 0 Å². The zero-order valence-corrected chi connectivity index (χ0v) is 13.9. The number of aromatic nitrogens is 1. The minimum Gasteiger partial charge on any atom is -0.372 e. The minimum absolute atomic E-state index is 0.0678. The van der Waals surface area contributed by atoms with Gasteiger partial charge in [0.25, 0.3) is 5.91 Å². The minimum atomic E-state index is -0.152. The quantitative estimate of drug-likeness (QED) is 0.886. The summed E-state index contributed by atoms with van der Waals surface area (Å²) >= 11 is 3.34. The lowest BCUT2D eigenvalue weighted by Gasteiger charge is -2.16. The zero-order chi connectivity index (χ0) is 15.4. The molecule has 0 spiro atoms. The van der Waals surface area contributed by atoms with Crippen LogP contribution >= 0.6 is 15.9 Å². The molecule has 2 rings (SSSR count). The van der Waals surface area contributed by atoms with E-state index in [1.807, 2.05) is 38.1 Å². The maximum Gasteiger partial charge on any atom is 0.255 e. The molecule has 0 bridgehead atoms. The number of rotatable bonds is 4. The van der Waals surface area contributed by atoms with Gasteiger partial charge in [-0.2, -0.15) is 0 Å². The van der Waals surface area contributed by atoms with Crippen LogP contribution in [-0.4, -0.2) is 17.9 Å². The van der Waals surface area contributed by atoms with Crippen LogP contribution in [0.15, 0.2) is 41.0 Å². The summed E-state index contributed by atoms with van der Waals surface area (Å²) < 4.78 is 0.773. The van der Waals surface area contributed by atoms with Crippen LogP contribution in [0, 0.1) is 6.92 Å². The standard InChI is InChI=1S/C16H18BrN3O/c1-10-4-6-12(7-5-10)11(2)20-16(21)14-8-13(17)9-19-15(14)18-3/h4-9,11H,1-3H3,(H,18,19)(H,20,21). The van der Waals surface area contributed by atoms with Crippen LogP contribution in [0.1, 0.15) is 34.5 Å². The Bertz CT molecular complexity index is 640. The van der Waals surface area contributed by atoms with Gasteiger partial charge in [-0.05, 0) is 41.4 Å². The summed E-state index contributed by atoms with van der Waals surface area (Å²) in [6.07, 6.45) is 1.66. The third-order valence-corrected chi connectivity index (χ3v) is 3.69. The van der Waals surface area contributed by atoms with E-state index in [9.17, 15) is 4.79 Å². The van der Waals surface area contributed by atoms with Gasteiger partial charge in [-0.15, -0.1) is 0 Å². The van der Waals surface area contributed by atoms with Crippen molar-refractivity contribution in [3.8, 4) is 0 Å². The molecular weight excluding hydrogens is 330 g/mol. The Morgan fingerprint density at radius 1 is 1.29 bits per heavy atom. The van der Waals surface area contributed by atoms with Gasteiger partial charge in [-0.3, -0.25) is 4.79 Å². The Kier molecular flexibility index (Phi) is 4.96. The molecule has 0 aliphatic carbocycles. The van der Waals surface area contributed by atoms with Crippen LogP contribution in [0.4, 0.5) is 5.82 Å². The summed E-state index contributed by atoms with van der Waals surface area (Å²) in [5, 5.41) is 5.93. The second-order valence-corrected chi connectivity index (χ2v) is 5.82. The third kappa shape index (κ3) is 3.82. The molecule has 4 nitrogen and oxygen atoms in total. The number of nitrogens with zero attached hydrogens (tertiary/aromatic N) is 1. The van der Waals surface area contributed by atoms with Crippen molar-refractivity contribution in [1.82, 2.24) is 10.3 Å². The number of benzene rings is 1. The van der Waals surface area contributed by atoms with Gasteiger partial charge in [0.2, 0.25) is 0 Å². The molecule has 1 amide bonds. The number of hydrogen-bond acceptors (Lipinski definition) is 3. The summed E-state index contributed by atoms with van der Waals surface area (Å²) in [4.78, 5) is 16.6. The molecule has 0 saturated carbocycles. The molecule has 0 radical (unpaired) electrons. The molecule has 1 atom stereocenters. The largest absolute Gasteiger partial charge is 0.372 e. The summed E-state index contributed by atoms with van der Waals surface area (Å²) in [5.41, 5.74) is 2.79. The number of nitrogens with one attached hydrogen (secondary N) is 2. The zero-order valence-electron chi connectivity index (χ0n) is 12.3. The van der Waals surface area contributed by atoms with Gasteiger partial charge >= 0.3 is 0 Å². The van der Waals surface area contributed by atoms with E-state index in [1.54, 1.807) is 19.3 Å². The number of carbonyl (C=O) groups excluding carboxylic acids is 1. The van der Waals surface area contributed by atoms with Gasteiger partial charge in [0.1, 0.15) is 5.82 Å². The van der Waals surface area contributed by atoms with Gasteiger partial charge in [0.05, 0.1) is 11.6 Å². The Labute approximate surface area is 133 Å². The number of aryl methyl sites for hydroxylation is 1. The van der Waals surface area contributed by atoms with E-state index in [0.717, 1.165) is 10.0 Å². The highest BCUT2D eigenvalue weighted by atomic mass is 79.9. The molecule has 1 heterocycles. The predicted octanol–water partition coefficient (Wildman–Crippen LogP) is 3.69. The molecule has 1 aromatic carbocycles. The van der Waals surface area contributed by atoms with Crippen LogP contribution in [-0.2, 0) is 0 Å². The average molecular weight is 348 g/mol. The number of amides is 1. The highest BCUT2D eigenvalue weighted by Gasteiger charge is 2.15. The van der Waals surface area contributed by atoms with Crippen LogP contribution in [0.5, 0.6) is 0 Å². The number of halogens is 1. The fraction of sp³-hybridized carbons (Fsp3) is 0.250. The number of anilines is 1. The summed E-state index contributed by atoms with van der Waals surface area (Å²) in [6.45, 7) is 4.01. The second kappa shape index (κ2) is 6.72. The highest BCUT2D eigenvalue weighted by Crippen LogP contribution is 2.19. The van der Waals surface area contributed by atoms with Crippen LogP contribution < -0.4 is 10.6 Å². The molecule has 110 valence electrons. The average Bonchev–Trinajstić information content (AvgIpc) is 2.47. The Morgan fingerprint density at radius 3 is 2.57 bits per heavy atom. The number of carbonyl (C=O) groups is 1. The van der Waals surface area contributed by atoms with Gasteiger partial charge in [-0.1, -0.05) is 29.8 Å². The van der Waals surface area contributed by atoms with Crippen molar-refractivity contribution in [2.45, 2.75) is 19.9 Å². The van der Waals surface area contributed by atoms with Crippen molar-refractivity contribution in [3.05, 3.63) is 57.7 Å². The van der Waals surface area contributed by atoms with Crippen molar-refractivity contribution in [2.24, 2.45) is 0 Å². The van der Waals surface area contributed by atoms with Gasteiger partial charge < -0.3 is 10.6 Å². The van der Waals surface area contributed by atoms with E-state index in [-0.39, 0.29) is 11.9 Å². The second-order valence-electron chi connectivity index (χ2n) is 4.91. The third-order valence-electron chi connectivity index (χ3n) is 3.26. The van der Waals surface area contributed by atoms with E-state index in [4.69, 9.17) is 0 Å². The van der Waals surface area contributed by atoms with Gasteiger partial charge in [-0.25, -0.2) is 4.98 Å². The molecule has 0 aliphatic heterocycles. The summed E-state index contributed by atoms with van der Waals surface area (Å²) in [5.74, 6) is 0.410. The summed E-state index contributed by atoms with van der Waals surface area (Å²) in [6, 6.07) is 9.82. The van der Waals surface area contributed by atoms with Crippen LogP contribution in [0.2, 0.25) is 0 Å². The van der Waals surface area contributed by atoms with Crippen molar-refractivity contribution in [1.29, 1.82) is 0 Å². The first-order valence-electron chi connectivity index (χ1n) is 6.72. The van der Waals surface area contributed by atoms with E-state index in [0.29, 0.717) is 11.4 Å². The van der Waals surface area contributed by atoms with Crippen LogP contribution in [0.25, 0.3) is 0 Å². The summed E-state index contributed by atoms with van der Waals surface area (Å²) in [7, 11) is 1.75. The van der Waals surface area contributed by atoms with Gasteiger partial charge in [0, 0.05) is 17.7 Å². The van der Waals surface area contributed by atoms with Crippen molar-refractivity contribution < 1.29 is 4.79 Å². The first-order chi connectivity index (χ1) is 10.0. The molecule has 0 fully saturated rings. The monoisotopic (exact) mass is 347 g/mol. The molecule has 5 heteroatoms.